The van der Waals surface area contributed by atoms with Crippen LogP contribution in [0.15, 0.2) is 29.9 Å². The van der Waals surface area contributed by atoms with E-state index in [4.69, 9.17) is 4.74 Å². The number of aromatic nitrogens is 1. The standard InChI is InChI=1S/C14H15N3O2S/c1-8(13-6-15-7-20-13)16-10-3-4-12-11(5-10)17-14(18)9(2)19-12/h3-9,16H,1-2H3,(H,17,18). The van der Waals surface area contributed by atoms with E-state index >= 15 is 0 Å². The Morgan fingerprint density at radius 2 is 2.35 bits per heavy atom. The highest BCUT2D eigenvalue weighted by molar-refractivity contribution is 7.09. The van der Waals surface area contributed by atoms with Crippen molar-refractivity contribution in [3.05, 3.63) is 34.8 Å². The summed E-state index contributed by atoms with van der Waals surface area (Å²) < 4.78 is 5.53. The molecule has 1 amide bonds. The summed E-state index contributed by atoms with van der Waals surface area (Å²) in [6.07, 6.45) is 1.41. The fraction of sp³-hybridized carbons (Fsp3) is 0.286. The predicted molar refractivity (Wildman–Crippen MR) is 79.3 cm³/mol. The molecule has 5 nitrogen and oxygen atoms in total. The third-order valence-electron chi connectivity index (χ3n) is 3.17. The lowest BCUT2D eigenvalue weighted by atomic mass is 10.2. The molecule has 0 saturated heterocycles. The van der Waals surface area contributed by atoms with Gasteiger partial charge in [-0.1, -0.05) is 0 Å². The van der Waals surface area contributed by atoms with Crippen LogP contribution < -0.4 is 15.4 Å². The van der Waals surface area contributed by atoms with Crippen LogP contribution in [-0.4, -0.2) is 17.0 Å². The van der Waals surface area contributed by atoms with Gasteiger partial charge in [0, 0.05) is 16.8 Å². The third kappa shape index (κ3) is 2.46. The van der Waals surface area contributed by atoms with Crippen LogP contribution in [0.2, 0.25) is 0 Å². The fourth-order valence-corrected chi connectivity index (χ4v) is 2.69. The maximum atomic E-state index is 11.6. The number of hydrogen-bond donors (Lipinski definition) is 2. The van der Waals surface area contributed by atoms with E-state index < -0.39 is 6.10 Å². The average molecular weight is 289 g/mol. The number of anilines is 2. The van der Waals surface area contributed by atoms with Crippen molar-refractivity contribution in [1.82, 2.24) is 4.98 Å². The zero-order valence-electron chi connectivity index (χ0n) is 11.2. The second kappa shape index (κ2) is 5.13. The molecule has 104 valence electrons. The molecule has 0 radical (unpaired) electrons. The monoisotopic (exact) mass is 289 g/mol. The molecule has 0 spiro atoms. The number of benzene rings is 1. The molecule has 0 aliphatic carbocycles. The first-order chi connectivity index (χ1) is 9.63. The lowest BCUT2D eigenvalue weighted by Crippen LogP contribution is -2.34. The zero-order valence-corrected chi connectivity index (χ0v) is 12.0. The topological polar surface area (TPSA) is 63.2 Å². The lowest BCUT2D eigenvalue weighted by Gasteiger charge is -2.24. The summed E-state index contributed by atoms with van der Waals surface area (Å²) in [5, 5.41) is 6.23. The van der Waals surface area contributed by atoms with Crippen LogP contribution in [0.4, 0.5) is 11.4 Å². The van der Waals surface area contributed by atoms with E-state index in [2.05, 4.69) is 22.5 Å². The number of hydrogen-bond acceptors (Lipinski definition) is 5. The van der Waals surface area contributed by atoms with Crippen LogP contribution in [0.5, 0.6) is 5.75 Å². The average Bonchev–Trinajstić information content (AvgIpc) is 2.94. The molecule has 1 aromatic heterocycles. The van der Waals surface area contributed by atoms with Crippen molar-refractivity contribution in [2.45, 2.75) is 26.0 Å². The molecule has 2 aromatic rings. The fourth-order valence-electron chi connectivity index (χ4n) is 2.06. The zero-order chi connectivity index (χ0) is 14.1. The van der Waals surface area contributed by atoms with Gasteiger partial charge in [0.1, 0.15) is 5.75 Å². The van der Waals surface area contributed by atoms with Gasteiger partial charge in [-0.3, -0.25) is 9.78 Å². The van der Waals surface area contributed by atoms with Crippen molar-refractivity contribution in [3.8, 4) is 5.75 Å². The van der Waals surface area contributed by atoms with Gasteiger partial charge in [-0.25, -0.2) is 0 Å². The van der Waals surface area contributed by atoms with Gasteiger partial charge in [0.15, 0.2) is 6.10 Å². The van der Waals surface area contributed by atoms with Crippen molar-refractivity contribution < 1.29 is 9.53 Å². The number of ether oxygens (including phenoxy) is 1. The van der Waals surface area contributed by atoms with Crippen molar-refractivity contribution >= 4 is 28.6 Å². The number of nitrogens with one attached hydrogen (secondary N) is 2. The Kier molecular flexibility index (Phi) is 3.31. The molecule has 20 heavy (non-hydrogen) atoms. The summed E-state index contributed by atoms with van der Waals surface area (Å²) in [4.78, 5) is 16.9. The Balaban J connectivity index is 1.79. The minimum absolute atomic E-state index is 0.120. The summed E-state index contributed by atoms with van der Waals surface area (Å²) in [6, 6.07) is 5.86. The number of thiazole rings is 1. The number of rotatable bonds is 3. The SMILES string of the molecule is CC1Oc2ccc(NC(C)c3cncs3)cc2NC1=O. The molecule has 0 fully saturated rings. The summed E-state index contributed by atoms with van der Waals surface area (Å²) in [5.41, 5.74) is 3.45. The van der Waals surface area contributed by atoms with E-state index in [9.17, 15) is 4.79 Å². The maximum Gasteiger partial charge on any atom is 0.265 e. The Bertz CT molecular complexity index is 627. The number of nitrogens with zero attached hydrogens (tertiary/aromatic N) is 1. The molecule has 3 rings (SSSR count). The molecular formula is C14H15N3O2S. The number of carbonyl (C=O) groups is 1. The number of carbonyl (C=O) groups excluding carboxylic acids is 1. The van der Waals surface area contributed by atoms with Crippen LogP contribution in [-0.2, 0) is 4.79 Å². The van der Waals surface area contributed by atoms with E-state index in [0.717, 1.165) is 10.6 Å². The van der Waals surface area contributed by atoms with E-state index in [1.807, 2.05) is 29.9 Å². The minimum atomic E-state index is -0.447. The largest absolute Gasteiger partial charge is 0.479 e. The Morgan fingerprint density at radius 1 is 1.50 bits per heavy atom. The van der Waals surface area contributed by atoms with Crippen LogP contribution in [0.3, 0.4) is 0 Å². The van der Waals surface area contributed by atoms with Crippen molar-refractivity contribution in [2.24, 2.45) is 0 Å². The highest BCUT2D eigenvalue weighted by Crippen LogP contribution is 2.33. The Hall–Kier alpha value is -2.08. The van der Waals surface area contributed by atoms with Crippen molar-refractivity contribution in [2.75, 3.05) is 10.6 Å². The molecule has 2 atom stereocenters. The molecule has 2 unspecified atom stereocenters. The Morgan fingerprint density at radius 3 is 3.10 bits per heavy atom. The number of fused-ring (bicyclic) bond motifs is 1. The molecular weight excluding hydrogens is 274 g/mol. The first kappa shape index (κ1) is 12.9. The van der Waals surface area contributed by atoms with Gasteiger partial charge in [-0.05, 0) is 32.0 Å². The summed E-state index contributed by atoms with van der Waals surface area (Å²) in [5.74, 6) is 0.582. The molecule has 1 aliphatic rings. The predicted octanol–water partition coefficient (Wildman–Crippen LogP) is 3.04. The summed E-state index contributed by atoms with van der Waals surface area (Å²) in [6.45, 7) is 3.81. The minimum Gasteiger partial charge on any atom is -0.479 e. The Labute approximate surface area is 121 Å². The van der Waals surface area contributed by atoms with Crippen molar-refractivity contribution in [3.63, 3.8) is 0 Å². The second-order valence-corrected chi connectivity index (χ2v) is 5.65. The summed E-state index contributed by atoms with van der Waals surface area (Å²) in [7, 11) is 0. The van der Waals surface area contributed by atoms with Crippen LogP contribution in [0.1, 0.15) is 24.8 Å². The van der Waals surface area contributed by atoms with E-state index in [1.54, 1.807) is 18.3 Å². The lowest BCUT2D eigenvalue weighted by molar-refractivity contribution is -0.122. The first-order valence-electron chi connectivity index (χ1n) is 6.40. The van der Waals surface area contributed by atoms with E-state index in [0.29, 0.717) is 11.4 Å². The van der Waals surface area contributed by atoms with Crippen molar-refractivity contribution in [1.29, 1.82) is 0 Å². The quantitative estimate of drug-likeness (QED) is 0.911. The van der Waals surface area contributed by atoms with E-state index in [1.165, 1.54) is 0 Å². The van der Waals surface area contributed by atoms with Gasteiger partial charge in [-0.2, -0.15) is 0 Å². The highest BCUT2D eigenvalue weighted by Gasteiger charge is 2.23. The molecule has 0 bridgehead atoms. The molecule has 2 N–H and O–H groups in total. The number of amides is 1. The van der Waals surface area contributed by atoms with Crippen LogP contribution >= 0.6 is 11.3 Å². The summed E-state index contributed by atoms with van der Waals surface area (Å²) >= 11 is 1.61. The molecule has 2 heterocycles. The maximum absolute atomic E-state index is 11.6. The van der Waals surface area contributed by atoms with Gasteiger partial charge in [-0.15, -0.1) is 11.3 Å². The van der Waals surface area contributed by atoms with Crippen LogP contribution in [0, 0.1) is 0 Å². The van der Waals surface area contributed by atoms with Gasteiger partial charge in [0.2, 0.25) is 0 Å². The molecule has 1 aromatic carbocycles. The third-order valence-corrected chi connectivity index (χ3v) is 4.13. The van der Waals surface area contributed by atoms with Crippen LogP contribution in [0.25, 0.3) is 0 Å². The highest BCUT2D eigenvalue weighted by atomic mass is 32.1. The van der Waals surface area contributed by atoms with Gasteiger partial charge >= 0.3 is 0 Å². The molecule has 6 heteroatoms. The normalized spacial score (nSPS) is 18.7. The smallest absolute Gasteiger partial charge is 0.265 e. The first-order valence-corrected chi connectivity index (χ1v) is 7.28. The second-order valence-electron chi connectivity index (χ2n) is 4.73. The molecule has 1 aliphatic heterocycles. The van der Waals surface area contributed by atoms with Gasteiger partial charge < -0.3 is 15.4 Å². The van der Waals surface area contributed by atoms with Gasteiger partial charge in [0.25, 0.3) is 5.91 Å². The molecule has 0 saturated carbocycles. The van der Waals surface area contributed by atoms with E-state index in [-0.39, 0.29) is 11.9 Å². The van der Waals surface area contributed by atoms with Gasteiger partial charge in [0.05, 0.1) is 17.2 Å².